The average molecular weight is 254 g/mol. The van der Waals surface area contributed by atoms with Crippen molar-refractivity contribution in [3.8, 4) is 0 Å². The Kier molecular flexibility index (Phi) is 3.59. The lowest BCUT2D eigenvalue weighted by Gasteiger charge is -2.08. The summed E-state index contributed by atoms with van der Waals surface area (Å²) in [6.07, 6.45) is 0. The first kappa shape index (κ1) is 11.9. The zero-order chi connectivity index (χ0) is 12.3. The molecule has 0 amide bonds. The fourth-order valence-corrected chi connectivity index (χ4v) is 1.66. The van der Waals surface area contributed by atoms with E-state index in [1.807, 2.05) is 0 Å². The molecule has 0 saturated heterocycles. The first-order chi connectivity index (χ1) is 8.15. The van der Waals surface area contributed by atoms with E-state index in [2.05, 4.69) is 5.32 Å². The van der Waals surface area contributed by atoms with Crippen LogP contribution in [-0.4, -0.2) is 0 Å². The van der Waals surface area contributed by atoms with Gasteiger partial charge in [-0.25, -0.2) is 8.78 Å². The molecule has 1 N–H and O–H groups in total. The van der Waals surface area contributed by atoms with Gasteiger partial charge in [-0.2, -0.15) is 0 Å². The SMILES string of the molecule is Fc1ccc(NCc2ccc(F)cc2Cl)cc1. The summed E-state index contributed by atoms with van der Waals surface area (Å²) in [6.45, 7) is 0.463. The van der Waals surface area contributed by atoms with Gasteiger partial charge in [0.2, 0.25) is 0 Å². The van der Waals surface area contributed by atoms with Gasteiger partial charge in [-0.3, -0.25) is 0 Å². The maximum Gasteiger partial charge on any atom is 0.124 e. The zero-order valence-electron chi connectivity index (χ0n) is 8.88. The summed E-state index contributed by atoms with van der Waals surface area (Å²) in [5, 5.41) is 3.45. The molecule has 0 heterocycles. The van der Waals surface area contributed by atoms with Crippen molar-refractivity contribution in [2.24, 2.45) is 0 Å². The van der Waals surface area contributed by atoms with Crippen LogP contribution in [0.15, 0.2) is 42.5 Å². The minimum atomic E-state index is -0.361. The molecule has 0 aliphatic rings. The molecule has 1 nitrogen and oxygen atoms in total. The van der Waals surface area contributed by atoms with Gasteiger partial charge >= 0.3 is 0 Å². The largest absolute Gasteiger partial charge is 0.381 e. The lowest BCUT2D eigenvalue weighted by Crippen LogP contribution is -2.00. The van der Waals surface area contributed by atoms with Gasteiger partial charge in [-0.15, -0.1) is 0 Å². The van der Waals surface area contributed by atoms with Crippen LogP contribution in [0.4, 0.5) is 14.5 Å². The normalized spacial score (nSPS) is 10.3. The summed E-state index contributed by atoms with van der Waals surface area (Å²) in [6, 6.07) is 10.2. The number of hydrogen-bond acceptors (Lipinski definition) is 1. The van der Waals surface area contributed by atoms with Gasteiger partial charge in [0.1, 0.15) is 11.6 Å². The summed E-state index contributed by atoms with van der Waals surface area (Å²) in [5.74, 6) is -0.643. The molecule has 0 aliphatic heterocycles. The Labute approximate surface area is 103 Å². The smallest absolute Gasteiger partial charge is 0.124 e. The van der Waals surface area contributed by atoms with Crippen LogP contribution in [0.5, 0.6) is 0 Å². The first-order valence-corrected chi connectivity index (χ1v) is 5.46. The Morgan fingerprint density at radius 2 is 1.59 bits per heavy atom. The molecule has 2 aromatic carbocycles. The number of benzene rings is 2. The van der Waals surface area contributed by atoms with E-state index in [0.29, 0.717) is 11.6 Å². The second-order valence-corrected chi connectivity index (χ2v) is 4.00. The van der Waals surface area contributed by atoms with Gasteiger partial charge < -0.3 is 5.32 Å². The van der Waals surface area contributed by atoms with Crippen LogP contribution in [0.2, 0.25) is 5.02 Å². The van der Waals surface area contributed by atoms with Crippen molar-refractivity contribution in [1.82, 2.24) is 0 Å². The van der Waals surface area contributed by atoms with E-state index in [1.54, 1.807) is 18.2 Å². The van der Waals surface area contributed by atoms with E-state index in [9.17, 15) is 8.78 Å². The summed E-state index contributed by atoms with van der Waals surface area (Å²) in [5.41, 5.74) is 1.57. The minimum Gasteiger partial charge on any atom is -0.381 e. The van der Waals surface area contributed by atoms with Gasteiger partial charge in [0.25, 0.3) is 0 Å². The predicted octanol–water partition coefficient (Wildman–Crippen LogP) is 4.23. The standard InChI is InChI=1S/C13H10ClF2N/c14-13-7-11(16)2-1-9(13)8-17-12-5-3-10(15)4-6-12/h1-7,17H,8H2. The van der Waals surface area contributed by atoms with Crippen molar-refractivity contribution in [2.45, 2.75) is 6.54 Å². The van der Waals surface area contributed by atoms with Crippen LogP contribution in [0.1, 0.15) is 5.56 Å². The molecule has 0 atom stereocenters. The topological polar surface area (TPSA) is 12.0 Å². The van der Waals surface area contributed by atoms with Crippen LogP contribution >= 0.6 is 11.6 Å². The molecular weight excluding hydrogens is 244 g/mol. The van der Waals surface area contributed by atoms with Crippen molar-refractivity contribution in [3.63, 3.8) is 0 Å². The van der Waals surface area contributed by atoms with Crippen molar-refractivity contribution in [2.75, 3.05) is 5.32 Å². The van der Waals surface area contributed by atoms with Gasteiger partial charge in [0.05, 0.1) is 0 Å². The van der Waals surface area contributed by atoms with Crippen LogP contribution in [0, 0.1) is 11.6 Å². The molecule has 2 rings (SSSR count). The second kappa shape index (κ2) is 5.15. The van der Waals surface area contributed by atoms with Crippen LogP contribution in [-0.2, 0) is 6.54 Å². The lowest BCUT2D eigenvalue weighted by molar-refractivity contribution is 0.626. The third-order valence-corrected chi connectivity index (χ3v) is 2.69. The van der Waals surface area contributed by atoms with Crippen molar-refractivity contribution >= 4 is 17.3 Å². The Balaban J connectivity index is 2.04. The van der Waals surface area contributed by atoms with Crippen molar-refractivity contribution in [3.05, 3.63) is 64.7 Å². The highest BCUT2D eigenvalue weighted by atomic mass is 35.5. The molecule has 17 heavy (non-hydrogen) atoms. The monoisotopic (exact) mass is 253 g/mol. The van der Waals surface area contributed by atoms with E-state index in [-0.39, 0.29) is 11.6 Å². The fourth-order valence-electron chi connectivity index (χ4n) is 1.43. The molecule has 88 valence electrons. The number of nitrogens with one attached hydrogen (secondary N) is 1. The van der Waals surface area contributed by atoms with Crippen LogP contribution < -0.4 is 5.32 Å². The second-order valence-electron chi connectivity index (χ2n) is 3.60. The summed E-state index contributed by atoms with van der Waals surface area (Å²) in [7, 11) is 0. The van der Waals surface area contributed by atoms with Gasteiger partial charge in [0.15, 0.2) is 0 Å². The van der Waals surface area contributed by atoms with E-state index in [1.165, 1.54) is 24.3 Å². The van der Waals surface area contributed by atoms with E-state index >= 15 is 0 Å². The molecule has 0 saturated carbocycles. The Morgan fingerprint density at radius 3 is 2.24 bits per heavy atom. The molecule has 0 fully saturated rings. The number of halogens is 3. The Morgan fingerprint density at radius 1 is 0.941 bits per heavy atom. The maximum atomic E-state index is 12.8. The highest BCUT2D eigenvalue weighted by Gasteiger charge is 2.01. The number of rotatable bonds is 3. The van der Waals surface area contributed by atoms with Gasteiger partial charge in [0, 0.05) is 17.3 Å². The van der Waals surface area contributed by atoms with Crippen LogP contribution in [0.25, 0.3) is 0 Å². The van der Waals surface area contributed by atoms with E-state index < -0.39 is 0 Å². The summed E-state index contributed by atoms with van der Waals surface area (Å²) < 4.78 is 25.5. The molecule has 2 aromatic rings. The summed E-state index contributed by atoms with van der Waals surface area (Å²) >= 11 is 5.88. The maximum absolute atomic E-state index is 12.8. The average Bonchev–Trinajstić information content (AvgIpc) is 2.30. The third kappa shape index (κ3) is 3.17. The lowest BCUT2D eigenvalue weighted by atomic mass is 10.2. The quantitative estimate of drug-likeness (QED) is 0.863. The van der Waals surface area contributed by atoms with Crippen molar-refractivity contribution < 1.29 is 8.78 Å². The van der Waals surface area contributed by atoms with Gasteiger partial charge in [-0.1, -0.05) is 17.7 Å². The minimum absolute atomic E-state index is 0.282. The Bertz CT molecular complexity index is 511. The molecule has 0 bridgehead atoms. The highest BCUT2D eigenvalue weighted by molar-refractivity contribution is 6.31. The molecule has 0 spiro atoms. The zero-order valence-corrected chi connectivity index (χ0v) is 9.64. The first-order valence-electron chi connectivity index (χ1n) is 5.08. The number of hydrogen-bond donors (Lipinski definition) is 1. The van der Waals surface area contributed by atoms with Crippen LogP contribution in [0.3, 0.4) is 0 Å². The predicted molar refractivity (Wildman–Crippen MR) is 65.1 cm³/mol. The molecule has 0 unspecified atom stereocenters. The molecule has 0 aromatic heterocycles. The highest BCUT2D eigenvalue weighted by Crippen LogP contribution is 2.18. The molecule has 0 radical (unpaired) electrons. The summed E-state index contributed by atoms with van der Waals surface area (Å²) in [4.78, 5) is 0. The third-order valence-electron chi connectivity index (χ3n) is 2.34. The van der Waals surface area contributed by atoms with E-state index in [4.69, 9.17) is 11.6 Å². The van der Waals surface area contributed by atoms with Crippen molar-refractivity contribution in [1.29, 1.82) is 0 Å². The van der Waals surface area contributed by atoms with E-state index in [0.717, 1.165) is 11.3 Å². The van der Waals surface area contributed by atoms with Gasteiger partial charge in [-0.05, 0) is 42.0 Å². The Hall–Kier alpha value is -1.61. The molecular formula is C13H10ClF2N. The number of anilines is 1. The molecule has 0 aliphatic carbocycles. The fraction of sp³-hybridized carbons (Fsp3) is 0.0769. The molecule has 4 heteroatoms.